The minimum Gasteiger partial charge on any atom is -0.497 e. The van der Waals surface area contributed by atoms with Gasteiger partial charge in [-0.15, -0.1) is 0 Å². The van der Waals surface area contributed by atoms with E-state index in [2.05, 4.69) is 10.4 Å². The third kappa shape index (κ3) is 4.10. The van der Waals surface area contributed by atoms with Crippen molar-refractivity contribution in [2.24, 2.45) is 0 Å². The number of halogens is 1. The first-order valence-electron chi connectivity index (χ1n) is 7.84. The first kappa shape index (κ1) is 17.7. The maximum atomic E-state index is 12.2. The highest BCUT2D eigenvalue weighted by Crippen LogP contribution is 2.21. The second-order valence-corrected chi connectivity index (χ2v) is 5.88. The molecule has 3 rings (SSSR count). The number of carbonyl (C=O) groups excluding carboxylic acids is 1. The van der Waals surface area contributed by atoms with Crippen molar-refractivity contribution >= 4 is 23.2 Å². The summed E-state index contributed by atoms with van der Waals surface area (Å²) >= 11 is 6.02. The van der Waals surface area contributed by atoms with Crippen LogP contribution in [0.15, 0.2) is 65.5 Å². The summed E-state index contributed by atoms with van der Waals surface area (Å²) in [6.45, 7) is -0.214. The molecule has 1 heterocycles. The molecule has 0 aliphatic heterocycles. The van der Waals surface area contributed by atoms with Gasteiger partial charge in [0.05, 0.1) is 23.5 Å². The standard InChI is InChI=1S/C19H16ClN3O3/c1-26-14-8-6-13(7-9-14)16-10-11-19(25)23(22-16)12-18(24)21-17-5-3-2-4-15(17)20/h2-11H,12H2,1H3,(H,21,24). The molecule has 0 aliphatic rings. The van der Waals surface area contributed by atoms with E-state index < -0.39 is 0 Å². The molecule has 132 valence electrons. The van der Waals surface area contributed by atoms with Crippen molar-refractivity contribution in [1.82, 2.24) is 9.78 Å². The molecule has 1 N–H and O–H groups in total. The number of hydrogen-bond donors (Lipinski definition) is 1. The summed E-state index contributed by atoms with van der Waals surface area (Å²) in [5, 5.41) is 7.37. The number of carbonyl (C=O) groups is 1. The zero-order valence-electron chi connectivity index (χ0n) is 14.0. The number of methoxy groups -OCH3 is 1. The van der Waals surface area contributed by atoms with Crippen LogP contribution in [0.3, 0.4) is 0 Å². The van der Waals surface area contributed by atoms with Crippen molar-refractivity contribution in [3.63, 3.8) is 0 Å². The second kappa shape index (κ2) is 7.84. The molecule has 0 unspecified atom stereocenters. The van der Waals surface area contributed by atoms with Crippen LogP contribution in [0, 0.1) is 0 Å². The zero-order valence-corrected chi connectivity index (χ0v) is 14.7. The van der Waals surface area contributed by atoms with E-state index in [0.29, 0.717) is 16.4 Å². The van der Waals surface area contributed by atoms with Gasteiger partial charge >= 0.3 is 0 Å². The van der Waals surface area contributed by atoms with Crippen molar-refractivity contribution in [3.05, 3.63) is 76.0 Å². The number of aromatic nitrogens is 2. The van der Waals surface area contributed by atoms with E-state index in [0.717, 1.165) is 16.0 Å². The van der Waals surface area contributed by atoms with E-state index in [4.69, 9.17) is 16.3 Å². The van der Waals surface area contributed by atoms with E-state index in [1.165, 1.54) is 6.07 Å². The molecule has 3 aromatic rings. The van der Waals surface area contributed by atoms with E-state index in [1.807, 2.05) is 12.1 Å². The average Bonchev–Trinajstić information content (AvgIpc) is 2.65. The molecule has 0 atom stereocenters. The third-order valence-corrected chi connectivity index (χ3v) is 4.02. The lowest BCUT2D eigenvalue weighted by atomic mass is 10.1. The number of nitrogens with zero attached hydrogens (tertiary/aromatic N) is 2. The molecule has 1 aromatic heterocycles. The number of anilines is 1. The average molecular weight is 370 g/mol. The highest BCUT2D eigenvalue weighted by atomic mass is 35.5. The fourth-order valence-corrected chi connectivity index (χ4v) is 2.55. The van der Waals surface area contributed by atoms with Crippen LogP contribution in [0.5, 0.6) is 5.75 Å². The van der Waals surface area contributed by atoms with Crippen LogP contribution in [0.4, 0.5) is 5.69 Å². The molecule has 7 heteroatoms. The Hall–Kier alpha value is -3.12. The van der Waals surface area contributed by atoms with Gasteiger partial charge in [0.15, 0.2) is 0 Å². The van der Waals surface area contributed by atoms with Crippen LogP contribution >= 0.6 is 11.6 Å². The molecular weight excluding hydrogens is 354 g/mol. The third-order valence-electron chi connectivity index (χ3n) is 3.69. The van der Waals surface area contributed by atoms with Crippen LogP contribution in [0.25, 0.3) is 11.3 Å². The highest BCUT2D eigenvalue weighted by molar-refractivity contribution is 6.33. The van der Waals surface area contributed by atoms with E-state index in [-0.39, 0.29) is 18.0 Å². The Balaban J connectivity index is 1.80. The van der Waals surface area contributed by atoms with Gasteiger partial charge in [-0.25, -0.2) is 4.68 Å². The molecule has 0 radical (unpaired) electrons. The van der Waals surface area contributed by atoms with Gasteiger partial charge in [0.2, 0.25) is 5.91 Å². The van der Waals surface area contributed by atoms with Gasteiger partial charge < -0.3 is 10.1 Å². The van der Waals surface area contributed by atoms with Crippen LogP contribution in [-0.4, -0.2) is 22.8 Å². The summed E-state index contributed by atoms with van der Waals surface area (Å²) < 4.78 is 6.24. The van der Waals surface area contributed by atoms with Gasteiger partial charge in [-0.1, -0.05) is 23.7 Å². The van der Waals surface area contributed by atoms with Crippen LogP contribution in [0.1, 0.15) is 0 Å². The summed E-state index contributed by atoms with van der Waals surface area (Å²) in [6, 6.07) is 17.2. The molecule has 0 fully saturated rings. The number of amides is 1. The first-order valence-corrected chi connectivity index (χ1v) is 8.21. The number of hydrogen-bond acceptors (Lipinski definition) is 4. The molecule has 1 amide bonds. The molecular formula is C19H16ClN3O3. The summed E-state index contributed by atoms with van der Waals surface area (Å²) in [6.07, 6.45) is 0. The molecule has 26 heavy (non-hydrogen) atoms. The SMILES string of the molecule is COc1ccc(-c2ccc(=O)n(CC(=O)Nc3ccccc3Cl)n2)cc1. The summed E-state index contributed by atoms with van der Waals surface area (Å²) in [5.41, 5.74) is 1.51. The maximum Gasteiger partial charge on any atom is 0.267 e. The van der Waals surface area contributed by atoms with E-state index in [1.54, 1.807) is 49.6 Å². The van der Waals surface area contributed by atoms with Crippen molar-refractivity contribution in [1.29, 1.82) is 0 Å². The lowest BCUT2D eigenvalue weighted by Gasteiger charge is -2.09. The van der Waals surface area contributed by atoms with Gasteiger partial charge in [-0.3, -0.25) is 9.59 Å². The van der Waals surface area contributed by atoms with Gasteiger partial charge in [-0.2, -0.15) is 5.10 Å². The topological polar surface area (TPSA) is 73.2 Å². The molecule has 0 bridgehead atoms. The Morgan fingerprint density at radius 3 is 2.54 bits per heavy atom. The van der Waals surface area contributed by atoms with Gasteiger partial charge in [0.25, 0.3) is 5.56 Å². The summed E-state index contributed by atoms with van der Waals surface area (Å²) in [4.78, 5) is 24.3. The number of para-hydroxylation sites is 1. The fraction of sp³-hybridized carbons (Fsp3) is 0.105. The maximum absolute atomic E-state index is 12.2. The number of ether oxygens (including phenoxy) is 1. The Labute approximate surface area is 155 Å². The number of rotatable bonds is 5. The fourth-order valence-electron chi connectivity index (χ4n) is 2.37. The van der Waals surface area contributed by atoms with E-state index >= 15 is 0 Å². The Bertz CT molecular complexity index is 984. The van der Waals surface area contributed by atoms with Crippen molar-refractivity contribution in [2.75, 3.05) is 12.4 Å². The minimum atomic E-state index is -0.389. The molecule has 0 saturated carbocycles. The molecule has 2 aromatic carbocycles. The van der Waals surface area contributed by atoms with Gasteiger partial charge in [-0.05, 0) is 42.5 Å². The summed E-state index contributed by atoms with van der Waals surface area (Å²) in [7, 11) is 1.59. The largest absolute Gasteiger partial charge is 0.497 e. The number of benzene rings is 2. The zero-order chi connectivity index (χ0) is 18.5. The quantitative estimate of drug-likeness (QED) is 0.749. The van der Waals surface area contributed by atoms with Crippen LogP contribution in [-0.2, 0) is 11.3 Å². The lowest BCUT2D eigenvalue weighted by molar-refractivity contribution is -0.117. The molecule has 0 spiro atoms. The van der Waals surface area contributed by atoms with E-state index in [9.17, 15) is 9.59 Å². The molecule has 0 saturated heterocycles. The van der Waals surface area contributed by atoms with Gasteiger partial charge in [0, 0.05) is 11.6 Å². The van der Waals surface area contributed by atoms with Crippen molar-refractivity contribution in [3.8, 4) is 17.0 Å². The van der Waals surface area contributed by atoms with Crippen molar-refractivity contribution < 1.29 is 9.53 Å². The van der Waals surface area contributed by atoms with Crippen LogP contribution in [0.2, 0.25) is 5.02 Å². The molecule has 0 aliphatic carbocycles. The Morgan fingerprint density at radius 2 is 1.85 bits per heavy atom. The first-order chi connectivity index (χ1) is 12.6. The van der Waals surface area contributed by atoms with Crippen molar-refractivity contribution in [2.45, 2.75) is 6.54 Å². The second-order valence-electron chi connectivity index (χ2n) is 5.47. The normalized spacial score (nSPS) is 10.4. The Morgan fingerprint density at radius 1 is 1.12 bits per heavy atom. The summed E-state index contributed by atoms with van der Waals surface area (Å²) in [5.74, 6) is 0.334. The highest BCUT2D eigenvalue weighted by Gasteiger charge is 2.10. The van der Waals surface area contributed by atoms with Gasteiger partial charge in [0.1, 0.15) is 12.3 Å². The smallest absolute Gasteiger partial charge is 0.267 e. The Kier molecular flexibility index (Phi) is 5.34. The predicted molar refractivity (Wildman–Crippen MR) is 101 cm³/mol. The lowest BCUT2D eigenvalue weighted by Crippen LogP contribution is -2.29. The number of nitrogens with one attached hydrogen (secondary N) is 1. The van der Waals surface area contributed by atoms with Crippen LogP contribution < -0.4 is 15.6 Å². The monoisotopic (exact) mass is 369 g/mol. The predicted octanol–water partition coefficient (Wildman–Crippen LogP) is 3.21. The minimum absolute atomic E-state index is 0.214. The molecule has 6 nitrogen and oxygen atoms in total.